The second kappa shape index (κ2) is 11.3. The van der Waals surface area contributed by atoms with Crippen LogP contribution in [0.5, 0.6) is 0 Å². The van der Waals surface area contributed by atoms with Crippen molar-refractivity contribution in [2.75, 3.05) is 25.4 Å². The van der Waals surface area contributed by atoms with Crippen LogP contribution in [0.3, 0.4) is 0 Å². The molecule has 3 heterocycles. The van der Waals surface area contributed by atoms with Gasteiger partial charge in [-0.1, -0.05) is 38.2 Å². The third-order valence-electron chi connectivity index (χ3n) is 7.11. The van der Waals surface area contributed by atoms with Crippen molar-refractivity contribution in [3.63, 3.8) is 0 Å². The fourth-order valence-electron chi connectivity index (χ4n) is 5.10. The molecule has 0 radical (unpaired) electrons. The Morgan fingerprint density at radius 3 is 2.70 bits per heavy atom. The second-order valence-electron chi connectivity index (χ2n) is 9.59. The van der Waals surface area contributed by atoms with E-state index in [1.165, 1.54) is 19.3 Å². The molecule has 182 valence electrons. The highest BCUT2D eigenvalue weighted by molar-refractivity contribution is 5.90. The molecule has 2 aliphatic heterocycles. The summed E-state index contributed by atoms with van der Waals surface area (Å²) in [6, 6.07) is 2.88. The van der Waals surface area contributed by atoms with Crippen LogP contribution < -0.4 is 16.4 Å². The highest BCUT2D eigenvalue weighted by atomic mass is 16.7. The molecule has 3 fully saturated rings. The van der Waals surface area contributed by atoms with Crippen LogP contribution in [0.4, 0.5) is 5.82 Å². The zero-order valence-corrected chi connectivity index (χ0v) is 19.2. The van der Waals surface area contributed by atoms with Crippen molar-refractivity contribution in [1.82, 2.24) is 20.5 Å². The fraction of sp³-hybridized carbons (Fsp3) is 0.708. The van der Waals surface area contributed by atoms with Crippen LogP contribution >= 0.6 is 0 Å². The molecular weight excluding hydrogens is 422 g/mol. The van der Waals surface area contributed by atoms with Crippen molar-refractivity contribution in [2.45, 2.75) is 82.3 Å². The van der Waals surface area contributed by atoms with Crippen molar-refractivity contribution in [1.29, 1.82) is 0 Å². The van der Waals surface area contributed by atoms with E-state index in [0.29, 0.717) is 44.2 Å². The first kappa shape index (κ1) is 23.9. The molecule has 2 unspecified atom stereocenters. The molecule has 2 saturated heterocycles. The molecule has 0 aromatic carbocycles. The number of nitrogen functional groups attached to an aromatic ring is 1. The minimum absolute atomic E-state index is 0.00361. The summed E-state index contributed by atoms with van der Waals surface area (Å²) in [6.07, 6.45) is 9.69. The van der Waals surface area contributed by atoms with Gasteiger partial charge in [0.25, 0.3) is 0 Å². The predicted molar refractivity (Wildman–Crippen MR) is 124 cm³/mol. The number of nitrogens with one attached hydrogen (secondary N) is 2. The van der Waals surface area contributed by atoms with Gasteiger partial charge in [-0.2, -0.15) is 0 Å². The van der Waals surface area contributed by atoms with Crippen LogP contribution in [-0.2, 0) is 20.7 Å². The average molecular weight is 460 g/mol. The Hall–Kier alpha value is -2.23. The number of pyridine rings is 1. The molecule has 1 aliphatic carbocycles. The first-order valence-electron chi connectivity index (χ1n) is 12.4. The Balaban J connectivity index is 1.32. The zero-order valence-electron chi connectivity index (χ0n) is 19.2. The lowest BCUT2D eigenvalue weighted by Gasteiger charge is -2.31. The van der Waals surface area contributed by atoms with Gasteiger partial charge in [0, 0.05) is 25.8 Å². The molecule has 1 aromatic heterocycles. The Morgan fingerprint density at radius 2 is 2.00 bits per heavy atom. The normalized spacial score (nSPS) is 26.2. The van der Waals surface area contributed by atoms with E-state index in [0.717, 1.165) is 31.2 Å². The highest BCUT2D eigenvalue weighted by Crippen LogP contribution is 2.29. The summed E-state index contributed by atoms with van der Waals surface area (Å²) in [5.74, 6) is 0.897. The standard InChI is InChI=1S/C24H37N5O4/c25-21-9-8-17(14-28-21)10-11-26-22(30)19-7-4-12-29(19)23(31)18(27-15-20-24(32)33-20)13-16-5-2-1-3-6-16/h8-9,14,16,18-20,24,27,32H,1-7,10-13,15H2,(H2,25,28)(H,26,30)/t18-,19+,20?,24?/m1/s1. The van der Waals surface area contributed by atoms with Crippen molar-refractivity contribution < 1.29 is 19.4 Å². The summed E-state index contributed by atoms with van der Waals surface area (Å²) in [5, 5.41) is 15.8. The Labute approximate surface area is 195 Å². The highest BCUT2D eigenvalue weighted by Gasteiger charge is 2.40. The number of epoxide rings is 1. The van der Waals surface area contributed by atoms with Crippen molar-refractivity contribution in [2.24, 2.45) is 5.92 Å². The summed E-state index contributed by atoms with van der Waals surface area (Å²) in [6.45, 7) is 1.54. The molecule has 4 atom stereocenters. The minimum atomic E-state index is -0.732. The number of ether oxygens (including phenoxy) is 1. The monoisotopic (exact) mass is 459 g/mol. The number of carbonyl (C=O) groups excluding carboxylic acids is 2. The lowest BCUT2D eigenvalue weighted by molar-refractivity contribution is -0.140. The molecule has 1 saturated carbocycles. The van der Waals surface area contributed by atoms with Gasteiger partial charge in [0.15, 0.2) is 6.29 Å². The van der Waals surface area contributed by atoms with E-state index in [1.807, 2.05) is 6.07 Å². The minimum Gasteiger partial charge on any atom is -0.384 e. The van der Waals surface area contributed by atoms with Gasteiger partial charge in [-0.05, 0) is 43.2 Å². The summed E-state index contributed by atoms with van der Waals surface area (Å²) in [7, 11) is 0. The Bertz CT molecular complexity index is 799. The SMILES string of the molecule is Nc1ccc(CCNC(=O)[C@@H]2CCCN2C(=O)[C@@H](CC2CCCCC2)NCC2OC2O)cn1. The number of nitrogens with two attached hydrogens (primary N) is 1. The molecule has 33 heavy (non-hydrogen) atoms. The van der Waals surface area contributed by atoms with Gasteiger partial charge in [0.2, 0.25) is 11.8 Å². The van der Waals surface area contributed by atoms with Crippen LogP contribution in [0.25, 0.3) is 0 Å². The Kier molecular flexibility index (Phi) is 8.16. The fourth-order valence-corrected chi connectivity index (χ4v) is 5.10. The van der Waals surface area contributed by atoms with E-state index in [2.05, 4.69) is 15.6 Å². The number of likely N-dealkylation sites (tertiary alicyclic amines) is 1. The van der Waals surface area contributed by atoms with Crippen molar-refractivity contribution >= 4 is 17.6 Å². The van der Waals surface area contributed by atoms with Gasteiger partial charge in [-0.3, -0.25) is 9.59 Å². The number of anilines is 1. The van der Waals surface area contributed by atoms with Gasteiger partial charge in [-0.15, -0.1) is 0 Å². The number of amides is 2. The molecule has 3 aliphatic rings. The number of hydrogen-bond acceptors (Lipinski definition) is 7. The van der Waals surface area contributed by atoms with E-state index in [-0.39, 0.29) is 24.0 Å². The van der Waals surface area contributed by atoms with Gasteiger partial charge in [0.05, 0.1) is 6.04 Å². The van der Waals surface area contributed by atoms with Gasteiger partial charge >= 0.3 is 0 Å². The first-order chi connectivity index (χ1) is 16.0. The molecule has 0 bridgehead atoms. The number of aliphatic hydroxyl groups is 1. The molecule has 1 aromatic rings. The molecular formula is C24H37N5O4. The average Bonchev–Trinajstić information content (AvgIpc) is 3.31. The maximum absolute atomic E-state index is 13.5. The van der Waals surface area contributed by atoms with Crippen LogP contribution in [0.2, 0.25) is 0 Å². The zero-order chi connectivity index (χ0) is 23.2. The second-order valence-corrected chi connectivity index (χ2v) is 9.59. The third kappa shape index (κ3) is 6.65. The largest absolute Gasteiger partial charge is 0.384 e. The molecule has 2 amide bonds. The number of carbonyl (C=O) groups is 2. The van der Waals surface area contributed by atoms with Crippen LogP contribution in [0.15, 0.2) is 18.3 Å². The number of nitrogens with zero attached hydrogens (tertiary/aromatic N) is 2. The quantitative estimate of drug-likeness (QED) is 0.383. The summed E-state index contributed by atoms with van der Waals surface area (Å²) < 4.78 is 5.10. The molecule has 5 N–H and O–H groups in total. The van der Waals surface area contributed by atoms with Crippen molar-refractivity contribution in [3.8, 4) is 0 Å². The van der Waals surface area contributed by atoms with E-state index >= 15 is 0 Å². The number of hydrogen-bond donors (Lipinski definition) is 4. The maximum atomic E-state index is 13.5. The predicted octanol–water partition coefficient (Wildman–Crippen LogP) is 0.959. The number of aromatic nitrogens is 1. The van der Waals surface area contributed by atoms with E-state index < -0.39 is 12.3 Å². The third-order valence-corrected chi connectivity index (χ3v) is 7.11. The molecule has 9 heteroatoms. The smallest absolute Gasteiger partial charge is 0.242 e. The molecule has 4 rings (SSSR count). The molecule has 0 spiro atoms. The van der Waals surface area contributed by atoms with E-state index in [4.69, 9.17) is 10.5 Å². The van der Waals surface area contributed by atoms with Crippen LogP contribution in [-0.4, -0.2) is 70.9 Å². The van der Waals surface area contributed by atoms with E-state index in [1.54, 1.807) is 17.2 Å². The first-order valence-corrected chi connectivity index (χ1v) is 12.4. The van der Waals surface area contributed by atoms with Gasteiger partial charge in [-0.25, -0.2) is 4.98 Å². The lowest BCUT2D eigenvalue weighted by Crippen LogP contribution is -2.53. The number of rotatable bonds is 10. The topological polar surface area (TPSA) is 133 Å². The lowest BCUT2D eigenvalue weighted by atomic mass is 9.84. The van der Waals surface area contributed by atoms with Crippen LogP contribution in [0.1, 0.15) is 56.9 Å². The maximum Gasteiger partial charge on any atom is 0.242 e. The number of aliphatic hydroxyl groups excluding tert-OH is 1. The van der Waals surface area contributed by atoms with Crippen LogP contribution in [0, 0.1) is 5.92 Å². The van der Waals surface area contributed by atoms with Gasteiger partial charge < -0.3 is 31.1 Å². The summed E-state index contributed by atoms with van der Waals surface area (Å²) in [4.78, 5) is 32.3. The summed E-state index contributed by atoms with van der Waals surface area (Å²) in [5.41, 5.74) is 6.62. The summed E-state index contributed by atoms with van der Waals surface area (Å²) >= 11 is 0. The van der Waals surface area contributed by atoms with E-state index in [9.17, 15) is 14.7 Å². The van der Waals surface area contributed by atoms with Crippen molar-refractivity contribution in [3.05, 3.63) is 23.9 Å². The van der Waals surface area contributed by atoms with Gasteiger partial charge in [0.1, 0.15) is 18.0 Å². The molecule has 9 nitrogen and oxygen atoms in total. The Morgan fingerprint density at radius 1 is 1.21 bits per heavy atom.